The number of carbonyl (C=O) groups excluding carboxylic acids is 1. The molecule has 1 aliphatic heterocycles. The van der Waals surface area contributed by atoms with E-state index in [4.69, 9.17) is 0 Å². The molecule has 1 saturated heterocycles. The summed E-state index contributed by atoms with van der Waals surface area (Å²) in [7, 11) is -4.21. The normalized spacial score (nSPS) is 18.2. The number of rotatable bonds is 8. The van der Waals surface area contributed by atoms with Gasteiger partial charge in [0.1, 0.15) is 11.9 Å². The fourth-order valence-electron chi connectivity index (χ4n) is 4.16. The SMILES string of the molecule is C[C@H]1CC[C@@H](C(=O)NCc2cc(-c3cnc(C(F)(F)F)nc3)nc(OCC(F)(F)F)n2)N1S(=O)(=O)c1ccc(F)cc1. The van der Waals surface area contributed by atoms with Gasteiger partial charge in [-0.25, -0.2) is 22.8 Å². The van der Waals surface area contributed by atoms with Gasteiger partial charge in [0.05, 0.1) is 22.8 Å². The molecule has 0 spiro atoms. The van der Waals surface area contributed by atoms with E-state index in [9.17, 15) is 43.9 Å². The lowest BCUT2D eigenvalue weighted by molar-refractivity contribution is -0.154. The number of hydrogen-bond acceptors (Lipinski definition) is 8. The quantitative estimate of drug-likeness (QED) is 0.375. The highest BCUT2D eigenvalue weighted by Crippen LogP contribution is 2.32. The summed E-state index contributed by atoms with van der Waals surface area (Å²) in [6, 6.07) is 2.71. The molecule has 0 radical (unpaired) electrons. The number of aromatic nitrogens is 4. The Morgan fingerprint density at radius 3 is 2.29 bits per heavy atom. The van der Waals surface area contributed by atoms with Crippen LogP contribution in [0, 0.1) is 5.82 Å². The Morgan fingerprint density at radius 1 is 1.05 bits per heavy atom. The molecular formula is C24H21F7N6O4S. The summed E-state index contributed by atoms with van der Waals surface area (Å²) in [6.07, 6.45) is -7.61. The van der Waals surface area contributed by atoms with Gasteiger partial charge in [0.25, 0.3) is 0 Å². The molecule has 0 bridgehead atoms. The maximum absolute atomic E-state index is 13.3. The van der Waals surface area contributed by atoms with Crippen LogP contribution in [-0.4, -0.2) is 63.4 Å². The zero-order valence-electron chi connectivity index (χ0n) is 21.4. The molecule has 0 saturated carbocycles. The highest BCUT2D eigenvalue weighted by molar-refractivity contribution is 7.89. The molecule has 1 aromatic carbocycles. The molecule has 3 heterocycles. The van der Waals surface area contributed by atoms with Gasteiger partial charge in [-0.05, 0) is 50.1 Å². The van der Waals surface area contributed by atoms with Crippen molar-refractivity contribution in [3.8, 4) is 17.3 Å². The van der Waals surface area contributed by atoms with Crippen molar-refractivity contribution in [2.45, 2.75) is 55.6 Å². The smallest absolute Gasteiger partial charge is 0.451 e. The Hall–Kier alpha value is -3.93. The van der Waals surface area contributed by atoms with Crippen LogP contribution in [0.5, 0.6) is 6.01 Å². The average molecular weight is 623 g/mol. The zero-order chi connectivity index (χ0) is 30.9. The third-order valence-corrected chi connectivity index (χ3v) is 8.10. The first-order chi connectivity index (χ1) is 19.5. The Bertz CT molecular complexity index is 1530. The van der Waals surface area contributed by atoms with Gasteiger partial charge in [0.15, 0.2) is 6.61 Å². The van der Waals surface area contributed by atoms with Gasteiger partial charge in [-0.2, -0.15) is 40.6 Å². The fraction of sp³-hybridized carbons (Fsp3) is 0.375. The highest BCUT2D eigenvalue weighted by atomic mass is 32.2. The number of sulfonamides is 1. The topological polar surface area (TPSA) is 127 Å². The maximum Gasteiger partial charge on any atom is 0.451 e. The molecule has 1 aliphatic rings. The molecule has 2 atom stereocenters. The van der Waals surface area contributed by atoms with E-state index >= 15 is 0 Å². The number of carbonyl (C=O) groups is 1. The summed E-state index contributed by atoms with van der Waals surface area (Å²) in [5.41, 5.74) is -0.421. The van der Waals surface area contributed by atoms with Crippen molar-refractivity contribution in [2.24, 2.45) is 0 Å². The molecule has 1 fully saturated rings. The summed E-state index contributed by atoms with van der Waals surface area (Å²) < 4.78 is 122. The number of alkyl halides is 6. The van der Waals surface area contributed by atoms with E-state index in [1.165, 1.54) is 0 Å². The van der Waals surface area contributed by atoms with Crippen LogP contribution in [0.25, 0.3) is 11.3 Å². The van der Waals surface area contributed by atoms with Gasteiger partial charge in [-0.15, -0.1) is 0 Å². The molecule has 1 amide bonds. The zero-order valence-corrected chi connectivity index (χ0v) is 22.3. The number of nitrogens with one attached hydrogen (secondary N) is 1. The predicted octanol–water partition coefficient (Wildman–Crippen LogP) is 3.89. The summed E-state index contributed by atoms with van der Waals surface area (Å²) >= 11 is 0. The van der Waals surface area contributed by atoms with Crippen molar-refractivity contribution in [1.29, 1.82) is 0 Å². The lowest BCUT2D eigenvalue weighted by atomic mass is 10.2. The lowest BCUT2D eigenvalue weighted by Crippen LogP contribution is -2.48. The van der Waals surface area contributed by atoms with Crippen LogP contribution in [0.3, 0.4) is 0 Å². The predicted molar refractivity (Wildman–Crippen MR) is 129 cm³/mol. The van der Waals surface area contributed by atoms with E-state index in [0.29, 0.717) is 6.42 Å². The van der Waals surface area contributed by atoms with Crippen LogP contribution >= 0.6 is 0 Å². The van der Waals surface area contributed by atoms with Crippen molar-refractivity contribution in [3.05, 3.63) is 60.1 Å². The van der Waals surface area contributed by atoms with Crippen molar-refractivity contribution in [1.82, 2.24) is 29.6 Å². The molecule has 42 heavy (non-hydrogen) atoms. The van der Waals surface area contributed by atoms with Gasteiger partial charge in [-0.3, -0.25) is 4.79 Å². The van der Waals surface area contributed by atoms with Crippen molar-refractivity contribution >= 4 is 15.9 Å². The fourth-order valence-corrected chi connectivity index (χ4v) is 6.00. The number of nitrogens with zero attached hydrogens (tertiary/aromatic N) is 5. The first-order valence-corrected chi connectivity index (χ1v) is 13.5. The van der Waals surface area contributed by atoms with Crippen molar-refractivity contribution in [2.75, 3.05) is 6.61 Å². The summed E-state index contributed by atoms with van der Waals surface area (Å²) in [5.74, 6) is -2.85. The van der Waals surface area contributed by atoms with E-state index in [1.807, 2.05) is 0 Å². The number of amides is 1. The van der Waals surface area contributed by atoms with Gasteiger partial charge >= 0.3 is 18.4 Å². The summed E-state index contributed by atoms with van der Waals surface area (Å²) in [5, 5.41) is 2.48. The summed E-state index contributed by atoms with van der Waals surface area (Å²) in [4.78, 5) is 26.9. The van der Waals surface area contributed by atoms with E-state index in [0.717, 1.165) is 47.0 Å². The Labute approximate surface area is 234 Å². The Kier molecular flexibility index (Phi) is 8.68. The number of ether oxygens (including phenoxy) is 1. The van der Waals surface area contributed by atoms with Crippen LogP contribution in [0.15, 0.2) is 47.6 Å². The molecule has 226 valence electrons. The van der Waals surface area contributed by atoms with Gasteiger partial charge < -0.3 is 10.1 Å². The molecule has 3 aromatic rings. The van der Waals surface area contributed by atoms with Crippen LogP contribution in [-0.2, 0) is 27.5 Å². The highest BCUT2D eigenvalue weighted by Gasteiger charge is 2.43. The van der Waals surface area contributed by atoms with Gasteiger partial charge in [-0.1, -0.05) is 0 Å². The van der Waals surface area contributed by atoms with E-state index in [2.05, 4.69) is 30.0 Å². The maximum atomic E-state index is 13.3. The molecule has 0 unspecified atom stereocenters. The first kappa shape index (κ1) is 31.0. The second-order valence-corrected chi connectivity index (χ2v) is 11.0. The van der Waals surface area contributed by atoms with E-state index in [-0.39, 0.29) is 28.3 Å². The molecule has 10 nitrogen and oxygen atoms in total. The number of hydrogen-bond donors (Lipinski definition) is 1. The van der Waals surface area contributed by atoms with Crippen molar-refractivity contribution < 1.29 is 48.7 Å². The van der Waals surface area contributed by atoms with Crippen LogP contribution in [0.2, 0.25) is 0 Å². The molecule has 4 rings (SSSR count). The molecular weight excluding hydrogens is 601 g/mol. The molecule has 2 aromatic heterocycles. The molecule has 1 N–H and O–H groups in total. The monoisotopic (exact) mass is 622 g/mol. The lowest BCUT2D eigenvalue weighted by Gasteiger charge is -2.27. The third-order valence-electron chi connectivity index (χ3n) is 6.06. The van der Waals surface area contributed by atoms with Crippen LogP contribution in [0.4, 0.5) is 30.7 Å². The van der Waals surface area contributed by atoms with E-state index < -0.39 is 71.2 Å². The molecule has 18 heteroatoms. The second kappa shape index (κ2) is 11.7. The minimum atomic E-state index is -4.84. The van der Waals surface area contributed by atoms with Crippen LogP contribution in [0.1, 0.15) is 31.3 Å². The standard InChI is InChI=1S/C24H21F7N6O4S/c1-13-2-7-19(37(13)42(39,40)17-5-3-15(25)4-6-17)20(38)32-11-16-8-18(36-22(35-16)41-12-23(26,27)28)14-9-33-21(34-10-14)24(29,30)31/h3-6,8-10,13,19H,2,7,11-12H2,1H3,(H,32,38)/t13-,19-/m0/s1. The number of benzene rings is 1. The third kappa shape index (κ3) is 7.28. The van der Waals surface area contributed by atoms with Crippen molar-refractivity contribution in [3.63, 3.8) is 0 Å². The van der Waals surface area contributed by atoms with Gasteiger partial charge in [0.2, 0.25) is 21.8 Å². The molecule has 0 aliphatic carbocycles. The Morgan fingerprint density at radius 2 is 1.69 bits per heavy atom. The largest absolute Gasteiger partial charge is 0.454 e. The minimum absolute atomic E-state index is 0.107. The minimum Gasteiger partial charge on any atom is -0.454 e. The second-order valence-electron chi connectivity index (χ2n) is 9.17. The van der Waals surface area contributed by atoms with E-state index in [1.54, 1.807) is 6.92 Å². The number of halogens is 7. The van der Waals surface area contributed by atoms with Gasteiger partial charge in [0, 0.05) is 24.0 Å². The average Bonchev–Trinajstić information content (AvgIpc) is 3.32. The summed E-state index contributed by atoms with van der Waals surface area (Å²) in [6.45, 7) is -0.614. The first-order valence-electron chi connectivity index (χ1n) is 12.1. The Balaban J connectivity index is 1.57. The van der Waals surface area contributed by atoms with Crippen LogP contribution < -0.4 is 10.1 Å².